The standard InChI is InChI=1S/C12H15ClN2O.ClH/c1-14-11-6-7-15(8-11)12(16)9-2-4-10(13)5-3-9;/h2-5,11,14H,6-8H2,1H3;1H/t11-;/m1./s1. The van der Waals surface area contributed by atoms with Crippen LogP contribution in [-0.2, 0) is 0 Å². The highest BCUT2D eigenvalue weighted by atomic mass is 35.5. The lowest BCUT2D eigenvalue weighted by Gasteiger charge is -2.16. The Hall–Kier alpha value is -0.770. The molecule has 2 rings (SSSR count). The summed E-state index contributed by atoms with van der Waals surface area (Å²) in [6.07, 6.45) is 1.02. The topological polar surface area (TPSA) is 32.3 Å². The Balaban J connectivity index is 0.00000144. The van der Waals surface area contributed by atoms with E-state index in [1.54, 1.807) is 24.3 Å². The molecule has 5 heteroatoms. The first-order valence-corrected chi connectivity index (χ1v) is 5.80. The van der Waals surface area contributed by atoms with E-state index in [9.17, 15) is 4.79 Å². The summed E-state index contributed by atoms with van der Waals surface area (Å²) in [5.41, 5.74) is 0.709. The average Bonchev–Trinajstić information content (AvgIpc) is 2.77. The Morgan fingerprint density at radius 1 is 1.41 bits per heavy atom. The van der Waals surface area contributed by atoms with Gasteiger partial charge in [0, 0.05) is 29.7 Å². The van der Waals surface area contributed by atoms with Gasteiger partial charge in [-0.05, 0) is 37.7 Å². The average molecular weight is 275 g/mol. The molecule has 0 radical (unpaired) electrons. The predicted octanol–water partition coefficient (Wildman–Crippen LogP) is 2.20. The molecule has 0 unspecified atom stereocenters. The number of amides is 1. The lowest BCUT2D eigenvalue weighted by Crippen LogP contribution is -2.33. The van der Waals surface area contributed by atoms with Crippen molar-refractivity contribution in [2.75, 3.05) is 20.1 Å². The molecule has 1 amide bonds. The number of likely N-dealkylation sites (tertiary alicyclic amines) is 1. The van der Waals surface area contributed by atoms with Gasteiger partial charge in [-0.15, -0.1) is 12.4 Å². The second kappa shape index (κ2) is 6.24. The normalized spacial score (nSPS) is 18.9. The fraction of sp³-hybridized carbons (Fsp3) is 0.417. The summed E-state index contributed by atoms with van der Waals surface area (Å²) in [6.45, 7) is 1.62. The SMILES string of the molecule is CN[C@@H]1CCN(C(=O)c2ccc(Cl)cc2)C1.Cl. The highest BCUT2D eigenvalue weighted by Gasteiger charge is 2.25. The van der Waals surface area contributed by atoms with Crippen molar-refractivity contribution in [2.24, 2.45) is 0 Å². The fourth-order valence-electron chi connectivity index (χ4n) is 1.96. The van der Waals surface area contributed by atoms with Crippen LogP contribution in [0.5, 0.6) is 0 Å². The number of nitrogens with one attached hydrogen (secondary N) is 1. The van der Waals surface area contributed by atoms with Crippen molar-refractivity contribution in [3.05, 3.63) is 34.9 Å². The Labute approximate surface area is 113 Å². The van der Waals surface area contributed by atoms with Crippen LogP contribution >= 0.6 is 24.0 Å². The minimum absolute atomic E-state index is 0. The molecule has 1 fully saturated rings. The van der Waals surface area contributed by atoms with Crippen molar-refractivity contribution in [1.82, 2.24) is 10.2 Å². The summed E-state index contributed by atoms with van der Waals surface area (Å²) in [6, 6.07) is 7.48. The zero-order valence-corrected chi connectivity index (χ0v) is 11.2. The number of hydrogen-bond acceptors (Lipinski definition) is 2. The zero-order chi connectivity index (χ0) is 11.5. The van der Waals surface area contributed by atoms with Crippen molar-refractivity contribution >= 4 is 29.9 Å². The number of hydrogen-bond donors (Lipinski definition) is 1. The lowest BCUT2D eigenvalue weighted by atomic mass is 10.2. The smallest absolute Gasteiger partial charge is 0.253 e. The van der Waals surface area contributed by atoms with E-state index in [1.165, 1.54) is 0 Å². The van der Waals surface area contributed by atoms with Gasteiger partial charge in [0.05, 0.1) is 0 Å². The minimum Gasteiger partial charge on any atom is -0.337 e. The zero-order valence-electron chi connectivity index (χ0n) is 9.65. The van der Waals surface area contributed by atoms with Gasteiger partial charge < -0.3 is 10.2 Å². The first-order valence-electron chi connectivity index (χ1n) is 5.43. The van der Waals surface area contributed by atoms with Crippen molar-refractivity contribution in [1.29, 1.82) is 0 Å². The molecular weight excluding hydrogens is 259 g/mol. The molecule has 0 bridgehead atoms. The summed E-state index contributed by atoms with van der Waals surface area (Å²) in [4.78, 5) is 14.0. The third-order valence-electron chi connectivity index (χ3n) is 2.97. The maximum atomic E-state index is 12.1. The van der Waals surface area contributed by atoms with Gasteiger partial charge in [0.15, 0.2) is 0 Å². The van der Waals surface area contributed by atoms with Gasteiger partial charge >= 0.3 is 0 Å². The van der Waals surface area contributed by atoms with Crippen LogP contribution in [0.25, 0.3) is 0 Å². The summed E-state index contributed by atoms with van der Waals surface area (Å²) >= 11 is 5.79. The van der Waals surface area contributed by atoms with E-state index in [0.717, 1.165) is 19.5 Å². The van der Waals surface area contributed by atoms with Gasteiger partial charge in [-0.25, -0.2) is 0 Å². The van der Waals surface area contributed by atoms with E-state index < -0.39 is 0 Å². The first kappa shape index (κ1) is 14.3. The van der Waals surface area contributed by atoms with Crippen LogP contribution in [0, 0.1) is 0 Å². The summed E-state index contributed by atoms with van der Waals surface area (Å²) < 4.78 is 0. The monoisotopic (exact) mass is 274 g/mol. The number of carbonyl (C=O) groups is 1. The highest BCUT2D eigenvalue weighted by molar-refractivity contribution is 6.30. The summed E-state index contributed by atoms with van der Waals surface area (Å²) in [5.74, 6) is 0.0921. The van der Waals surface area contributed by atoms with Gasteiger partial charge in [-0.2, -0.15) is 0 Å². The Bertz CT molecular complexity index is 381. The molecule has 1 atom stereocenters. The van der Waals surface area contributed by atoms with Crippen molar-refractivity contribution in [2.45, 2.75) is 12.5 Å². The summed E-state index contributed by atoms with van der Waals surface area (Å²) in [7, 11) is 1.93. The Morgan fingerprint density at radius 3 is 2.59 bits per heavy atom. The number of benzene rings is 1. The molecule has 1 saturated heterocycles. The third-order valence-corrected chi connectivity index (χ3v) is 3.23. The molecule has 1 aromatic rings. The molecule has 1 aliphatic heterocycles. The second-order valence-electron chi connectivity index (χ2n) is 4.03. The third kappa shape index (κ3) is 3.35. The van der Waals surface area contributed by atoms with Gasteiger partial charge in [-0.1, -0.05) is 11.6 Å². The van der Waals surface area contributed by atoms with Crippen LogP contribution in [0.4, 0.5) is 0 Å². The molecule has 0 aromatic heterocycles. The van der Waals surface area contributed by atoms with Gasteiger partial charge in [-0.3, -0.25) is 4.79 Å². The van der Waals surface area contributed by atoms with Crippen LogP contribution < -0.4 is 5.32 Å². The molecule has 0 saturated carbocycles. The van der Waals surface area contributed by atoms with E-state index in [2.05, 4.69) is 5.32 Å². The van der Waals surface area contributed by atoms with E-state index in [-0.39, 0.29) is 18.3 Å². The molecule has 94 valence electrons. The molecule has 0 aliphatic carbocycles. The number of rotatable bonds is 2. The minimum atomic E-state index is 0. The van der Waals surface area contributed by atoms with Crippen LogP contribution in [0.2, 0.25) is 5.02 Å². The molecule has 3 nitrogen and oxygen atoms in total. The lowest BCUT2D eigenvalue weighted by molar-refractivity contribution is 0.0789. The largest absolute Gasteiger partial charge is 0.337 e. The second-order valence-corrected chi connectivity index (χ2v) is 4.47. The summed E-state index contributed by atoms with van der Waals surface area (Å²) in [5, 5.41) is 3.85. The highest BCUT2D eigenvalue weighted by Crippen LogP contribution is 2.15. The van der Waals surface area contributed by atoms with E-state index >= 15 is 0 Å². The molecule has 17 heavy (non-hydrogen) atoms. The predicted molar refractivity (Wildman–Crippen MR) is 72.1 cm³/mol. The van der Waals surface area contributed by atoms with Gasteiger partial charge in [0.2, 0.25) is 0 Å². The van der Waals surface area contributed by atoms with Crippen LogP contribution in [0.15, 0.2) is 24.3 Å². The van der Waals surface area contributed by atoms with Crippen molar-refractivity contribution < 1.29 is 4.79 Å². The quantitative estimate of drug-likeness (QED) is 0.897. The number of carbonyl (C=O) groups excluding carboxylic acids is 1. The van der Waals surface area contributed by atoms with E-state index in [4.69, 9.17) is 11.6 Å². The molecule has 1 heterocycles. The fourth-order valence-corrected chi connectivity index (χ4v) is 2.08. The van der Waals surface area contributed by atoms with Crippen molar-refractivity contribution in [3.8, 4) is 0 Å². The van der Waals surface area contributed by atoms with Gasteiger partial charge in [0.25, 0.3) is 5.91 Å². The molecule has 1 N–H and O–H groups in total. The number of halogens is 2. The maximum Gasteiger partial charge on any atom is 0.253 e. The van der Waals surface area contributed by atoms with Crippen molar-refractivity contribution in [3.63, 3.8) is 0 Å². The molecule has 1 aliphatic rings. The molecular formula is C12H16Cl2N2O. The maximum absolute atomic E-state index is 12.1. The number of nitrogens with zero attached hydrogens (tertiary/aromatic N) is 1. The van der Waals surface area contributed by atoms with Crippen LogP contribution in [0.3, 0.4) is 0 Å². The molecule has 1 aromatic carbocycles. The van der Waals surface area contributed by atoms with Crippen LogP contribution in [-0.4, -0.2) is 37.0 Å². The van der Waals surface area contributed by atoms with E-state index in [0.29, 0.717) is 16.6 Å². The Morgan fingerprint density at radius 2 is 2.06 bits per heavy atom. The molecule has 0 spiro atoms. The number of likely N-dealkylation sites (N-methyl/N-ethyl adjacent to an activating group) is 1. The van der Waals surface area contributed by atoms with E-state index in [1.807, 2.05) is 11.9 Å². The Kier molecular flexibility index (Phi) is 5.25. The van der Waals surface area contributed by atoms with Crippen LogP contribution in [0.1, 0.15) is 16.8 Å². The first-order chi connectivity index (χ1) is 7.70. The van der Waals surface area contributed by atoms with Gasteiger partial charge in [0.1, 0.15) is 0 Å².